The number of nitrogens with two attached hydrogens (primary N) is 1. The van der Waals surface area contributed by atoms with Crippen molar-refractivity contribution in [3.63, 3.8) is 0 Å². The molecule has 1 aromatic carbocycles. The number of nitrogens with one attached hydrogen (secondary N) is 1. The Balaban J connectivity index is 1.77. The quantitative estimate of drug-likeness (QED) is 0.789. The molecular formula is C22H30N3O2+. The van der Waals surface area contributed by atoms with Gasteiger partial charge in [-0.1, -0.05) is 6.07 Å². The van der Waals surface area contributed by atoms with Gasteiger partial charge in [0, 0.05) is 41.4 Å². The van der Waals surface area contributed by atoms with Crippen LogP contribution in [-0.4, -0.2) is 35.9 Å². The Morgan fingerprint density at radius 3 is 2.33 bits per heavy atom. The molecule has 3 rings (SSSR count). The molecular weight excluding hydrogens is 338 g/mol. The number of rotatable bonds is 5. The molecule has 0 saturated carbocycles. The molecule has 0 spiro atoms. The van der Waals surface area contributed by atoms with Crippen LogP contribution in [0.2, 0.25) is 0 Å². The first-order valence-corrected chi connectivity index (χ1v) is 9.70. The fourth-order valence-electron chi connectivity index (χ4n) is 4.12. The first-order chi connectivity index (χ1) is 12.8. The first-order valence-electron chi connectivity index (χ1n) is 9.70. The van der Waals surface area contributed by atoms with Crippen molar-refractivity contribution in [1.29, 1.82) is 0 Å². The average molecular weight is 369 g/mol. The van der Waals surface area contributed by atoms with E-state index in [1.165, 1.54) is 16.0 Å². The van der Waals surface area contributed by atoms with Crippen molar-refractivity contribution >= 4 is 11.7 Å². The van der Waals surface area contributed by atoms with Gasteiger partial charge < -0.3 is 15.2 Å². The van der Waals surface area contributed by atoms with Crippen LogP contribution in [0.1, 0.15) is 45.7 Å². The zero-order valence-corrected chi connectivity index (χ0v) is 16.8. The van der Waals surface area contributed by atoms with Crippen LogP contribution in [0.3, 0.4) is 0 Å². The van der Waals surface area contributed by atoms with Gasteiger partial charge in [0.2, 0.25) is 11.7 Å². The van der Waals surface area contributed by atoms with Gasteiger partial charge >= 0.3 is 0 Å². The number of primary amides is 1. The predicted octanol–water partition coefficient (Wildman–Crippen LogP) is 1.67. The van der Waals surface area contributed by atoms with Gasteiger partial charge in [-0.25, -0.2) is 0 Å². The third-order valence-electron chi connectivity index (χ3n) is 5.99. The van der Waals surface area contributed by atoms with Crippen molar-refractivity contribution in [1.82, 2.24) is 4.57 Å². The van der Waals surface area contributed by atoms with Crippen LogP contribution in [0.5, 0.6) is 0 Å². The maximum atomic E-state index is 12.9. The maximum absolute atomic E-state index is 12.9. The Bertz CT molecular complexity index is 874. The van der Waals surface area contributed by atoms with Crippen molar-refractivity contribution < 1.29 is 14.5 Å². The van der Waals surface area contributed by atoms with Crippen LogP contribution in [0.15, 0.2) is 24.3 Å². The van der Waals surface area contributed by atoms with Crippen LogP contribution in [-0.2, 0) is 4.79 Å². The predicted molar refractivity (Wildman–Crippen MR) is 107 cm³/mol. The Labute approximate surface area is 161 Å². The van der Waals surface area contributed by atoms with Gasteiger partial charge in [-0.15, -0.1) is 0 Å². The number of benzene rings is 1. The summed E-state index contributed by atoms with van der Waals surface area (Å²) in [5, 5.41) is 0. The van der Waals surface area contributed by atoms with Gasteiger partial charge in [0.1, 0.15) is 6.54 Å². The van der Waals surface area contributed by atoms with E-state index < -0.39 is 0 Å². The zero-order chi connectivity index (χ0) is 19.7. The molecule has 5 nitrogen and oxygen atoms in total. The Morgan fingerprint density at radius 2 is 1.74 bits per heavy atom. The third kappa shape index (κ3) is 3.98. The number of hydrogen-bond acceptors (Lipinski definition) is 2. The normalized spacial score (nSPS) is 19.9. The summed E-state index contributed by atoms with van der Waals surface area (Å²) < 4.78 is 2.16. The molecule has 144 valence electrons. The number of nitrogens with zero attached hydrogens (tertiary/aromatic N) is 1. The zero-order valence-electron chi connectivity index (χ0n) is 16.8. The molecule has 0 aliphatic carbocycles. The molecule has 0 bridgehead atoms. The number of aromatic nitrogens is 1. The largest absolute Gasteiger partial charge is 0.369 e. The number of quaternary nitrogens is 1. The summed E-state index contributed by atoms with van der Waals surface area (Å²) in [5.41, 5.74) is 11.9. The molecule has 1 aliphatic rings. The lowest BCUT2D eigenvalue weighted by Crippen LogP contribution is -3.14. The number of hydrogen-bond donors (Lipinski definition) is 2. The molecule has 3 N–H and O–H groups in total. The van der Waals surface area contributed by atoms with Crippen LogP contribution in [0.25, 0.3) is 5.69 Å². The van der Waals surface area contributed by atoms with Crippen molar-refractivity contribution in [2.24, 2.45) is 11.7 Å². The Kier molecular flexibility index (Phi) is 5.51. The molecule has 1 aliphatic heterocycles. The highest BCUT2D eigenvalue weighted by atomic mass is 16.1. The number of carbonyl (C=O) groups excluding carboxylic acids is 2. The van der Waals surface area contributed by atoms with Gasteiger partial charge in [0.25, 0.3) is 0 Å². The van der Waals surface area contributed by atoms with Crippen molar-refractivity contribution in [2.75, 3.05) is 19.6 Å². The smallest absolute Gasteiger partial charge is 0.220 e. The molecule has 2 heterocycles. The summed E-state index contributed by atoms with van der Waals surface area (Å²) in [6.45, 7) is 10.4. The van der Waals surface area contributed by atoms with Crippen molar-refractivity contribution in [3.05, 3.63) is 52.3 Å². The van der Waals surface area contributed by atoms with E-state index in [-0.39, 0.29) is 17.6 Å². The molecule has 1 aromatic heterocycles. The van der Waals surface area contributed by atoms with Gasteiger partial charge in [0.15, 0.2) is 0 Å². The SMILES string of the molecule is Cc1ccc(-n2c(C)cc(C(=O)C[NH+]3CCC(C(N)=O)CC3)c2C)cc1C. The van der Waals surface area contributed by atoms with E-state index in [4.69, 9.17) is 5.73 Å². The lowest BCUT2D eigenvalue weighted by atomic mass is 9.96. The highest BCUT2D eigenvalue weighted by Crippen LogP contribution is 2.23. The monoisotopic (exact) mass is 368 g/mol. The van der Waals surface area contributed by atoms with Crippen molar-refractivity contribution in [2.45, 2.75) is 40.5 Å². The number of amides is 1. The fraction of sp³-hybridized carbons (Fsp3) is 0.455. The van der Waals surface area contributed by atoms with Gasteiger partial charge in [-0.05, 0) is 57.0 Å². The summed E-state index contributed by atoms with van der Waals surface area (Å²) in [5.74, 6) is -0.0679. The van der Waals surface area contributed by atoms with Crippen LogP contribution in [0, 0.1) is 33.6 Å². The second-order valence-electron chi connectivity index (χ2n) is 7.92. The second kappa shape index (κ2) is 7.69. The standard InChI is InChI=1S/C22H29N3O2/c1-14-5-6-19(11-15(14)2)25-16(3)12-20(17(25)4)21(26)13-24-9-7-18(8-10-24)22(23)27/h5-6,11-12,18H,7-10,13H2,1-4H3,(H2,23,27)/p+1. The van der Waals surface area contributed by atoms with Gasteiger partial charge in [-0.3, -0.25) is 9.59 Å². The van der Waals surface area contributed by atoms with E-state index in [1.54, 1.807) is 0 Å². The second-order valence-corrected chi connectivity index (χ2v) is 7.92. The first kappa shape index (κ1) is 19.4. The Hall–Kier alpha value is -2.40. The molecule has 2 aromatic rings. The number of aryl methyl sites for hydroxylation is 3. The summed E-state index contributed by atoms with van der Waals surface area (Å²) in [4.78, 5) is 25.5. The van der Waals surface area contributed by atoms with E-state index in [1.807, 2.05) is 19.9 Å². The summed E-state index contributed by atoms with van der Waals surface area (Å²) in [6.07, 6.45) is 1.55. The number of Topliss-reactive ketones (excluding diaryl/α,β-unsaturated/α-hetero) is 1. The maximum Gasteiger partial charge on any atom is 0.220 e. The molecule has 1 fully saturated rings. The molecule has 1 amide bonds. The topological polar surface area (TPSA) is 69.5 Å². The third-order valence-corrected chi connectivity index (χ3v) is 5.99. The lowest BCUT2D eigenvalue weighted by molar-refractivity contribution is -0.897. The molecule has 0 atom stereocenters. The number of likely N-dealkylation sites (tertiary alicyclic amines) is 1. The Morgan fingerprint density at radius 1 is 1.07 bits per heavy atom. The molecule has 5 heteroatoms. The minimum absolute atomic E-state index is 0.0290. The van der Waals surface area contributed by atoms with Crippen molar-refractivity contribution in [3.8, 4) is 5.69 Å². The minimum Gasteiger partial charge on any atom is -0.369 e. The summed E-state index contributed by atoms with van der Waals surface area (Å²) in [6, 6.07) is 8.40. The highest BCUT2D eigenvalue weighted by Gasteiger charge is 2.28. The molecule has 27 heavy (non-hydrogen) atoms. The van der Waals surface area contributed by atoms with E-state index in [0.717, 1.165) is 48.6 Å². The minimum atomic E-state index is -0.211. The van der Waals surface area contributed by atoms with Crippen LogP contribution in [0.4, 0.5) is 0 Å². The van der Waals surface area contributed by atoms with Gasteiger partial charge in [0.05, 0.1) is 13.1 Å². The molecule has 0 radical (unpaired) electrons. The average Bonchev–Trinajstić information content (AvgIpc) is 2.92. The summed E-state index contributed by atoms with van der Waals surface area (Å²) >= 11 is 0. The lowest BCUT2D eigenvalue weighted by Gasteiger charge is -2.27. The number of ketones is 1. The van der Waals surface area contributed by atoms with E-state index in [9.17, 15) is 9.59 Å². The van der Waals surface area contributed by atoms with Crippen LogP contribution >= 0.6 is 0 Å². The highest BCUT2D eigenvalue weighted by molar-refractivity contribution is 5.98. The molecule has 0 unspecified atom stereocenters. The fourth-order valence-corrected chi connectivity index (χ4v) is 4.12. The van der Waals surface area contributed by atoms with Gasteiger partial charge in [-0.2, -0.15) is 0 Å². The van der Waals surface area contributed by atoms with Crippen LogP contribution < -0.4 is 10.6 Å². The van der Waals surface area contributed by atoms with E-state index in [2.05, 4.69) is 36.6 Å². The van der Waals surface area contributed by atoms with E-state index in [0.29, 0.717) is 6.54 Å². The number of carbonyl (C=O) groups is 2. The van der Waals surface area contributed by atoms with E-state index >= 15 is 0 Å². The summed E-state index contributed by atoms with van der Waals surface area (Å²) in [7, 11) is 0. The molecule has 1 saturated heterocycles. The number of piperidine rings is 1.